The first-order valence-corrected chi connectivity index (χ1v) is 10.4. The summed E-state index contributed by atoms with van der Waals surface area (Å²) in [6.45, 7) is 0.303. The number of ether oxygens (including phenoxy) is 1. The average Bonchev–Trinajstić information content (AvgIpc) is 3.45. The fourth-order valence-electron chi connectivity index (χ4n) is 3.60. The highest BCUT2D eigenvalue weighted by Gasteiger charge is 2.19. The molecule has 4 rings (SSSR count). The number of hydrogen-bond donors (Lipinski definition) is 2. The summed E-state index contributed by atoms with van der Waals surface area (Å²) in [5.74, 6) is 0.771. The molecule has 0 aliphatic heterocycles. The maximum atomic E-state index is 12.5. The maximum absolute atomic E-state index is 12.5. The van der Waals surface area contributed by atoms with E-state index >= 15 is 0 Å². The molecular weight excluding hydrogens is 394 g/mol. The lowest BCUT2D eigenvalue weighted by Crippen LogP contribution is -2.28. The van der Waals surface area contributed by atoms with Crippen LogP contribution < -0.4 is 15.4 Å². The fraction of sp³-hybridized carbons (Fsp3) is 0.304. The van der Waals surface area contributed by atoms with Gasteiger partial charge in [0.15, 0.2) is 5.82 Å². The highest BCUT2D eigenvalue weighted by Crippen LogP contribution is 2.25. The summed E-state index contributed by atoms with van der Waals surface area (Å²) in [6, 6.07) is 10.1. The summed E-state index contributed by atoms with van der Waals surface area (Å²) in [5, 5.41) is 5.60. The summed E-state index contributed by atoms with van der Waals surface area (Å²) in [6.07, 6.45) is 9.65. The van der Waals surface area contributed by atoms with Crippen molar-refractivity contribution in [3.63, 3.8) is 0 Å². The zero-order valence-corrected chi connectivity index (χ0v) is 17.4. The van der Waals surface area contributed by atoms with Crippen molar-refractivity contribution in [2.45, 2.75) is 38.3 Å². The SMILES string of the molecule is Cn1ccnc1C(=O)c1ccc(NC(=O)NCc2cccnc2OC2CCCC2)cc1. The van der Waals surface area contributed by atoms with Crippen LogP contribution in [0.5, 0.6) is 5.88 Å². The smallest absolute Gasteiger partial charge is 0.319 e. The number of aromatic nitrogens is 3. The number of ketones is 1. The van der Waals surface area contributed by atoms with Crippen molar-refractivity contribution in [1.82, 2.24) is 19.9 Å². The Bertz CT molecular complexity index is 1060. The molecule has 0 spiro atoms. The molecule has 3 aromatic rings. The standard InChI is InChI=1S/C23H25N5O3/c1-28-14-13-24-21(28)20(29)16-8-10-18(11-9-16)27-23(30)26-15-17-5-4-12-25-22(17)31-19-6-2-3-7-19/h4-5,8-14,19H,2-3,6-7,15H2,1H3,(H2,26,27,30). The van der Waals surface area contributed by atoms with Gasteiger partial charge in [-0.2, -0.15) is 0 Å². The Morgan fingerprint density at radius 1 is 1.10 bits per heavy atom. The Hall–Kier alpha value is -3.68. The van der Waals surface area contributed by atoms with E-state index in [1.165, 1.54) is 12.8 Å². The summed E-state index contributed by atoms with van der Waals surface area (Å²) < 4.78 is 7.68. The van der Waals surface area contributed by atoms with Crippen molar-refractivity contribution in [2.24, 2.45) is 7.05 Å². The lowest BCUT2D eigenvalue weighted by Gasteiger charge is -2.15. The van der Waals surface area contributed by atoms with E-state index in [1.807, 2.05) is 12.1 Å². The van der Waals surface area contributed by atoms with Gasteiger partial charge in [0, 0.05) is 49.0 Å². The van der Waals surface area contributed by atoms with Crippen LogP contribution in [0.4, 0.5) is 10.5 Å². The normalized spacial score (nSPS) is 13.7. The van der Waals surface area contributed by atoms with Crippen LogP contribution in [0.15, 0.2) is 55.0 Å². The monoisotopic (exact) mass is 419 g/mol. The molecule has 1 aliphatic carbocycles. The zero-order valence-electron chi connectivity index (χ0n) is 17.4. The Balaban J connectivity index is 1.32. The highest BCUT2D eigenvalue weighted by molar-refractivity contribution is 6.07. The summed E-state index contributed by atoms with van der Waals surface area (Å²) >= 11 is 0. The molecular formula is C23H25N5O3. The first-order valence-electron chi connectivity index (χ1n) is 10.4. The van der Waals surface area contributed by atoms with Crippen molar-refractivity contribution in [3.05, 3.63) is 71.9 Å². The molecule has 2 N–H and O–H groups in total. The number of urea groups is 1. The molecule has 2 heterocycles. The largest absolute Gasteiger partial charge is 0.474 e. The van der Waals surface area contributed by atoms with Gasteiger partial charge in [0.2, 0.25) is 11.7 Å². The Kier molecular flexibility index (Phi) is 6.26. The van der Waals surface area contributed by atoms with Crippen LogP contribution in [0.25, 0.3) is 0 Å². The molecule has 1 aromatic carbocycles. The lowest BCUT2D eigenvalue weighted by molar-refractivity contribution is 0.102. The summed E-state index contributed by atoms with van der Waals surface area (Å²) in [4.78, 5) is 33.2. The summed E-state index contributed by atoms with van der Waals surface area (Å²) in [5.41, 5.74) is 1.92. The molecule has 31 heavy (non-hydrogen) atoms. The van der Waals surface area contributed by atoms with Crippen LogP contribution in [0.1, 0.15) is 47.4 Å². The predicted octanol–water partition coefficient (Wildman–Crippen LogP) is 3.69. The molecule has 0 radical (unpaired) electrons. The topological polar surface area (TPSA) is 98.1 Å². The van der Waals surface area contributed by atoms with Crippen molar-refractivity contribution in [2.75, 3.05) is 5.32 Å². The number of pyridine rings is 1. The van der Waals surface area contributed by atoms with Gasteiger partial charge in [-0.1, -0.05) is 6.07 Å². The molecule has 1 fully saturated rings. The molecule has 1 saturated carbocycles. The van der Waals surface area contributed by atoms with E-state index in [1.54, 1.807) is 54.5 Å². The zero-order chi connectivity index (χ0) is 21.6. The number of carbonyl (C=O) groups is 2. The number of nitrogens with one attached hydrogen (secondary N) is 2. The van der Waals surface area contributed by atoms with Gasteiger partial charge in [-0.3, -0.25) is 4.79 Å². The fourth-order valence-corrected chi connectivity index (χ4v) is 3.60. The second kappa shape index (κ2) is 9.42. The lowest BCUT2D eigenvalue weighted by atomic mass is 10.1. The molecule has 8 heteroatoms. The number of benzene rings is 1. The molecule has 1 aliphatic rings. The van der Waals surface area contributed by atoms with E-state index in [4.69, 9.17) is 4.74 Å². The van der Waals surface area contributed by atoms with Crippen LogP contribution in [-0.4, -0.2) is 32.5 Å². The number of amides is 2. The minimum absolute atomic E-state index is 0.171. The maximum Gasteiger partial charge on any atom is 0.319 e. The molecule has 0 unspecified atom stereocenters. The van der Waals surface area contributed by atoms with Gasteiger partial charge < -0.3 is 19.9 Å². The van der Waals surface area contributed by atoms with Gasteiger partial charge in [-0.05, 0) is 56.0 Å². The number of imidazole rings is 1. The molecule has 8 nitrogen and oxygen atoms in total. The molecule has 160 valence electrons. The first-order chi connectivity index (χ1) is 15.1. The van der Waals surface area contributed by atoms with Gasteiger partial charge in [-0.15, -0.1) is 0 Å². The first kappa shape index (κ1) is 20.6. The van der Waals surface area contributed by atoms with Crippen molar-refractivity contribution >= 4 is 17.5 Å². The van der Waals surface area contributed by atoms with Crippen LogP contribution in [0, 0.1) is 0 Å². The summed E-state index contributed by atoms with van der Waals surface area (Å²) in [7, 11) is 1.77. The van der Waals surface area contributed by atoms with Gasteiger partial charge in [0.05, 0.1) is 0 Å². The molecule has 0 atom stereocenters. The Labute approximate surface area is 180 Å². The van der Waals surface area contributed by atoms with E-state index in [9.17, 15) is 9.59 Å². The molecule has 2 aromatic heterocycles. The van der Waals surface area contributed by atoms with Gasteiger partial charge in [0.1, 0.15) is 6.10 Å². The van der Waals surface area contributed by atoms with Crippen molar-refractivity contribution < 1.29 is 14.3 Å². The molecule has 2 amide bonds. The second-order valence-corrected chi connectivity index (χ2v) is 7.57. The number of rotatable bonds is 7. The second-order valence-electron chi connectivity index (χ2n) is 7.57. The van der Waals surface area contributed by atoms with Gasteiger partial charge in [0.25, 0.3) is 0 Å². The van der Waals surface area contributed by atoms with Crippen LogP contribution in [0.2, 0.25) is 0 Å². The van der Waals surface area contributed by atoms with Crippen LogP contribution in [-0.2, 0) is 13.6 Å². The highest BCUT2D eigenvalue weighted by atomic mass is 16.5. The van der Waals surface area contributed by atoms with E-state index in [0.29, 0.717) is 29.5 Å². The van der Waals surface area contributed by atoms with E-state index in [2.05, 4.69) is 20.6 Å². The number of anilines is 1. The minimum Gasteiger partial charge on any atom is -0.474 e. The third-order valence-electron chi connectivity index (χ3n) is 5.30. The van der Waals surface area contributed by atoms with E-state index < -0.39 is 0 Å². The van der Waals surface area contributed by atoms with Crippen molar-refractivity contribution in [3.8, 4) is 5.88 Å². The number of aryl methyl sites for hydroxylation is 1. The average molecular weight is 419 g/mol. The van der Waals surface area contributed by atoms with Gasteiger partial charge in [-0.25, -0.2) is 14.8 Å². The third-order valence-corrected chi connectivity index (χ3v) is 5.30. The van der Waals surface area contributed by atoms with E-state index in [-0.39, 0.29) is 17.9 Å². The van der Waals surface area contributed by atoms with E-state index in [0.717, 1.165) is 18.4 Å². The molecule has 0 saturated heterocycles. The third kappa shape index (κ3) is 5.09. The Morgan fingerprint density at radius 3 is 2.58 bits per heavy atom. The minimum atomic E-state index is -0.348. The predicted molar refractivity (Wildman–Crippen MR) is 116 cm³/mol. The number of hydrogen-bond acceptors (Lipinski definition) is 5. The Morgan fingerprint density at radius 2 is 1.87 bits per heavy atom. The number of nitrogens with zero attached hydrogens (tertiary/aromatic N) is 3. The van der Waals surface area contributed by atoms with Crippen molar-refractivity contribution in [1.29, 1.82) is 0 Å². The van der Waals surface area contributed by atoms with Crippen LogP contribution in [0.3, 0.4) is 0 Å². The van der Waals surface area contributed by atoms with Gasteiger partial charge >= 0.3 is 6.03 Å². The molecule has 0 bridgehead atoms. The number of carbonyl (C=O) groups excluding carboxylic acids is 2. The quantitative estimate of drug-likeness (QED) is 0.569. The van der Waals surface area contributed by atoms with Crippen LogP contribution >= 0.6 is 0 Å².